The van der Waals surface area contributed by atoms with Crippen LogP contribution in [0.1, 0.15) is 19.8 Å². The second-order valence-electron chi connectivity index (χ2n) is 2.94. The van der Waals surface area contributed by atoms with Crippen molar-refractivity contribution in [3.8, 4) is 0 Å². The molecule has 0 radical (unpaired) electrons. The van der Waals surface area contributed by atoms with Crippen molar-refractivity contribution in [3.63, 3.8) is 0 Å². The summed E-state index contributed by atoms with van der Waals surface area (Å²) in [6.07, 6.45) is 8.20. The largest absolute Gasteiger partial charge is 0.310 e. The van der Waals surface area contributed by atoms with Crippen molar-refractivity contribution in [1.29, 1.82) is 0 Å². The number of rotatable bonds is 1. The molecule has 0 aromatic heterocycles. The Morgan fingerprint density at radius 1 is 1.50 bits per heavy atom. The van der Waals surface area contributed by atoms with Gasteiger partial charge in [-0.15, -0.1) is 0 Å². The van der Waals surface area contributed by atoms with Crippen molar-refractivity contribution >= 4 is 0 Å². The summed E-state index contributed by atoms with van der Waals surface area (Å²) in [6.45, 7) is 1.83. The summed E-state index contributed by atoms with van der Waals surface area (Å²) in [7, 11) is 0. The quantitative estimate of drug-likeness (QED) is 0.529. The molecular weight excluding hydrogens is 124 g/mol. The van der Waals surface area contributed by atoms with Gasteiger partial charge >= 0.3 is 0 Å². The first-order valence-corrected chi connectivity index (χ1v) is 3.54. The Labute approximate surface area is 61.6 Å². The third kappa shape index (κ3) is 1.69. The van der Waals surface area contributed by atoms with Crippen LogP contribution in [0.15, 0.2) is 23.8 Å². The summed E-state index contributed by atoms with van der Waals surface area (Å²) in [5.74, 6) is 0. The molecule has 1 rings (SSSR count). The minimum Gasteiger partial charge on any atom is -0.310 e. The average Bonchev–Trinajstić information content (AvgIpc) is 1.88. The normalized spacial score (nSPS) is 18.9. The van der Waals surface area contributed by atoms with Crippen molar-refractivity contribution < 1.29 is 0 Å². The maximum atomic E-state index is 5.69. The lowest BCUT2D eigenvalue weighted by Crippen LogP contribution is -2.48. The molecule has 0 fully saturated rings. The molecular formula is C8H14N2. The van der Waals surface area contributed by atoms with E-state index in [2.05, 4.69) is 6.08 Å². The van der Waals surface area contributed by atoms with Gasteiger partial charge < -0.3 is 11.5 Å². The van der Waals surface area contributed by atoms with E-state index in [1.54, 1.807) is 0 Å². The Hall–Kier alpha value is -0.600. The predicted octanol–water partition coefficient (Wildman–Crippen LogP) is 0.896. The van der Waals surface area contributed by atoms with Gasteiger partial charge in [-0.2, -0.15) is 0 Å². The highest BCUT2D eigenvalue weighted by Crippen LogP contribution is 2.17. The van der Waals surface area contributed by atoms with E-state index in [4.69, 9.17) is 11.5 Å². The highest BCUT2D eigenvalue weighted by Gasteiger charge is 2.17. The summed E-state index contributed by atoms with van der Waals surface area (Å²) < 4.78 is 0. The minimum atomic E-state index is -0.620. The first-order chi connectivity index (χ1) is 4.61. The molecule has 0 aromatic carbocycles. The van der Waals surface area contributed by atoms with Crippen molar-refractivity contribution in [1.82, 2.24) is 0 Å². The van der Waals surface area contributed by atoms with Gasteiger partial charge in [0.05, 0.1) is 5.66 Å². The van der Waals surface area contributed by atoms with Crippen LogP contribution in [0, 0.1) is 0 Å². The van der Waals surface area contributed by atoms with Gasteiger partial charge in [0.2, 0.25) is 0 Å². The number of nitrogens with two attached hydrogens (primary N) is 2. The fraction of sp³-hybridized carbons (Fsp3) is 0.500. The summed E-state index contributed by atoms with van der Waals surface area (Å²) in [4.78, 5) is 0. The Kier molecular flexibility index (Phi) is 1.92. The molecule has 0 heterocycles. The molecule has 0 aliphatic heterocycles. The highest BCUT2D eigenvalue weighted by molar-refractivity contribution is 5.24. The van der Waals surface area contributed by atoms with Gasteiger partial charge in [-0.3, -0.25) is 0 Å². The van der Waals surface area contributed by atoms with E-state index in [0.29, 0.717) is 0 Å². The van der Waals surface area contributed by atoms with Gasteiger partial charge in [0, 0.05) is 0 Å². The number of allylic oxidation sites excluding steroid dienone is 3. The third-order valence-electron chi connectivity index (χ3n) is 1.71. The van der Waals surface area contributed by atoms with Crippen LogP contribution in [0.2, 0.25) is 0 Å². The average molecular weight is 138 g/mol. The Morgan fingerprint density at radius 3 is 2.50 bits per heavy atom. The van der Waals surface area contributed by atoms with Gasteiger partial charge in [-0.25, -0.2) is 0 Å². The zero-order valence-corrected chi connectivity index (χ0v) is 6.30. The maximum absolute atomic E-state index is 5.69. The number of hydrogen-bond acceptors (Lipinski definition) is 2. The van der Waals surface area contributed by atoms with Crippen molar-refractivity contribution in [2.24, 2.45) is 11.5 Å². The van der Waals surface area contributed by atoms with Crippen molar-refractivity contribution in [2.75, 3.05) is 0 Å². The Morgan fingerprint density at radius 2 is 2.20 bits per heavy atom. The van der Waals surface area contributed by atoms with Crippen LogP contribution in [0.25, 0.3) is 0 Å². The fourth-order valence-electron chi connectivity index (χ4n) is 1.05. The van der Waals surface area contributed by atoms with Crippen molar-refractivity contribution in [3.05, 3.63) is 23.8 Å². The molecule has 0 saturated heterocycles. The SMILES string of the molecule is CC(N)(N)C1=CC=CCC1. The molecule has 0 amide bonds. The molecule has 0 bridgehead atoms. The summed E-state index contributed by atoms with van der Waals surface area (Å²) in [6, 6.07) is 0. The molecule has 0 atom stereocenters. The lowest BCUT2D eigenvalue weighted by Gasteiger charge is -2.23. The second kappa shape index (κ2) is 2.56. The molecule has 56 valence electrons. The van der Waals surface area contributed by atoms with E-state index in [9.17, 15) is 0 Å². The Bertz CT molecular complexity index is 172. The zero-order chi connectivity index (χ0) is 7.61. The van der Waals surface area contributed by atoms with E-state index < -0.39 is 5.66 Å². The monoisotopic (exact) mass is 138 g/mol. The summed E-state index contributed by atoms with van der Waals surface area (Å²) in [5.41, 5.74) is 11.9. The Balaban J connectivity index is 2.72. The predicted molar refractivity (Wildman–Crippen MR) is 43.2 cm³/mol. The molecule has 2 heteroatoms. The molecule has 1 aliphatic carbocycles. The van der Waals surface area contributed by atoms with E-state index in [-0.39, 0.29) is 0 Å². The lowest BCUT2D eigenvalue weighted by atomic mass is 9.95. The number of hydrogen-bond donors (Lipinski definition) is 2. The fourth-order valence-corrected chi connectivity index (χ4v) is 1.05. The maximum Gasteiger partial charge on any atom is 0.0832 e. The second-order valence-corrected chi connectivity index (χ2v) is 2.94. The van der Waals surface area contributed by atoms with Crippen LogP contribution < -0.4 is 11.5 Å². The van der Waals surface area contributed by atoms with Gasteiger partial charge in [0.25, 0.3) is 0 Å². The molecule has 1 aliphatic rings. The zero-order valence-electron chi connectivity index (χ0n) is 6.30. The highest BCUT2D eigenvalue weighted by atomic mass is 14.9. The molecule has 10 heavy (non-hydrogen) atoms. The van der Waals surface area contributed by atoms with Crippen LogP contribution in [0.4, 0.5) is 0 Å². The first kappa shape index (κ1) is 7.51. The molecule has 0 unspecified atom stereocenters. The first-order valence-electron chi connectivity index (χ1n) is 3.54. The molecule has 2 nitrogen and oxygen atoms in total. The summed E-state index contributed by atoms with van der Waals surface area (Å²) >= 11 is 0. The standard InChI is InChI=1S/C8H14N2/c1-8(9,10)7-5-3-2-4-6-7/h2-3,5H,4,6,9-10H2,1H3. The van der Waals surface area contributed by atoms with E-state index in [1.165, 1.54) is 0 Å². The van der Waals surface area contributed by atoms with Gasteiger partial charge in [-0.1, -0.05) is 18.2 Å². The van der Waals surface area contributed by atoms with E-state index in [0.717, 1.165) is 18.4 Å². The molecule has 0 aromatic rings. The lowest BCUT2D eigenvalue weighted by molar-refractivity contribution is 0.551. The van der Waals surface area contributed by atoms with E-state index in [1.807, 2.05) is 19.1 Å². The van der Waals surface area contributed by atoms with Crippen LogP contribution >= 0.6 is 0 Å². The topological polar surface area (TPSA) is 52.0 Å². The van der Waals surface area contributed by atoms with E-state index >= 15 is 0 Å². The molecule has 0 spiro atoms. The van der Waals surface area contributed by atoms with Gasteiger partial charge in [0.15, 0.2) is 0 Å². The van der Waals surface area contributed by atoms with Crippen LogP contribution in [-0.2, 0) is 0 Å². The van der Waals surface area contributed by atoms with Crippen LogP contribution in [0.3, 0.4) is 0 Å². The van der Waals surface area contributed by atoms with Crippen LogP contribution in [0.5, 0.6) is 0 Å². The third-order valence-corrected chi connectivity index (χ3v) is 1.71. The van der Waals surface area contributed by atoms with Gasteiger partial charge in [-0.05, 0) is 25.3 Å². The molecule has 0 saturated carbocycles. The minimum absolute atomic E-state index is 0.620. The van der Waals surface area contributed by atoms with Gasteiger partial charge in [0.1, 0.15) is 0 Å². The summed E-state index contributed by atoms with van der Waals surface area (Å²) in [5, 5.41) is 0. The van der Waals surface area contributed by atoms with Crippen LogP contribution in [-0.4, -0.2) is 5.66 Å². The van der Waals surface area contributed by atoms with Crippen molar-refractivity contribution in [2.45, 2.75) is 25.4 Å². The smallest absolute Gasteiger partial charge is 0.0832 e. The molecule has 4 N–H and O–H groups in total.